The Labute approximate surface area is 204 Å². The van der Waals surface area contributed by atoms with Gasteiger partial charge < -0.3 is 10.2 Å². The van der Waals surface area contributed by atoms with Crippen LogP contribution in [0.25, 0.3) is 10.2 Å². The van der Waals surface area contributed by atoms with E-state index in [2.05, 4.69) is 56.9 Å². The minimum Gasteiger partial charge on any atom is -0.363 e. The molecule has 0 saturated carbocycles. The van der Waals surface area contributed by atoms with Gasteiger partial charge in [0, 0.05) is 43.2 Å². The van der Waals surface area contributed by atoms with Crippen LogP contribution in [0.15, 0.2) is 48.8 Å². The van der Waals surface area contributed by atoms with Crippen LogP contribution < -0.4 is 10.7 Å². The molecule has 4 heterocycles. The highest BCUT2D eigenvalue weighted by Gasteiger charge is 2.26. The summed E-state index contributed by atoms with van der Waals surface area (Å²) in [6, 6.07) is 10.5. The summed E-state index contributed by atoms with van der Waals surface area (Å²) in [4.78, 5) is 26.1. The van der Waals surface area contributed by atoms with Crippen LogP contribution in [0.3, 0.4) is 0 Å². The summed E-state index contributed by atoms with van der Waals surface area (Å²) in [5.74, 6) is 0.952. The molecule has 1 atom stereocenters. The molecule has 5 rings (SSSR count). The lowest BCUT2D eigenvalue weighted by molar-refractivity contribution is -0.126. The number of hydrazine groups is 1. The third-order valence-electron chi connectivity index (χ3n) is 6.65. The first-order chi connectivity index (χ1) is 16.7. The van der Waals surface area contributed by atoms with Crippen molar-refractivity contribution in [3.05, 3.63) is 64.8 Å². The van der Waals surface area contributed by atoms with E-state index in [4.69, 9.17) is 0 Å². The second-order valence-electron chi connectivity index (χ2n) is 9.01. The molecule has 1 fully saturated rings. The van der Waals surface area contributed by atoms with Crippen molar-refractivity contribution < 1.29 is 4.79 Å². The number of thiophene rings is 1. The maximum Gasteiger partial charge on any atom is 0.246 e. The molecule has 2 aliphatic heterocycles. The van der Waals surface area contributed by atoms with E-state index >= 15 is 0 Å². The Morgan fingerprint density at radius 3 is 2.79 bits per heavy atom. The number of nitrogens with one attached hydrogen (secondary N) is 2. The molecule has 3 aromatic rings. The number of nitrogens with zero attached hydrogens (tertiary/aromatic N) is 4. The molecule has 2 aliphatic rings. The molecule has 2 N–H and O–H groups in total. The topological polar surface area (TPSA) is 73.4 Å². The number of aromatic nitrogens is 2. The van der Waals surface area contributed by atoms with Crippen LogP contribution in [-0.2, 0) is 17.8 Å². The smallest absolute Gasteiger partial charge is 0.246 e. The minimum absolute atomic E-state index is 0.0747. The minimum atomic E-state index is 0.0747. The van der Waals surface area contributed by atoms with Gasteiger partial charge >= 0.3 is 0 Å². The molecule has 1 aromatic carbocycles. The summed E-state index contributed by atoms with van der Waals surface area (Å²) in [7, 11) is 0. The standard InChI is InChI=1S/C26H32N6OS/c1-19(20-9-4-2-5-10-20)30-25-24-21-12-16-31(17-22(21)34-26(24)28-18-27-25)23(33)11-8-13-29-32-14-6-3-7-15-32/h2,4-5,8-11,18-19,29H,3,6-7,12-17H2,1H3,(H,27,28,30). The summed E-state index contributed by atoms with van der Waals surface area (Å²) in [6.45, 7) is 6.36. The van der Waals surface area contributed by atoms with E-state index < -0.39 is 0 Å². The van der Waals surface area contributed by atoms with Crippen LogP contribution in [0.4, 0.5) is 5.82 Å². The molecule has 178 valence electrons. The Hall–Kier alpha value is -2.81. The Kier molecular flexibility index (Phi) is 7.18. The summed E-state index contributed by atoms with van der Waals surface area (Å²) in [5.41, 5.74) is 5.90. The van der Waals surface area contributed by atoms with Crippen LogP contribution in [0.2, 0.25) is 0 Å². The fraction of sp³-hybridized carbons (Fsp3) is 0.423. The number of carbonyl (C=O) groups excluding carboxylic acids is 1. The number of anilines is 1. The van der Waals surface area contributed by atoms with Gasteiger partial charge in [-0.25, -0.2) is 15.0 Å². The third-order valence-corrected chi connectivity index (χ3v) is 7.78. The molecule has 0 aliphatic carbocycles. The summed E-state index contributed by atoms with van der Waals surface area (Å²) >= 11 is 1.68. The van der Waals surface area contributed by atoms with Crippen LogP contribution in [0.1, 0.15) is 48.2 Å². The van der Waals surface area contributed by atoms with E-state index in [0.717, 1.165) is 35.5 Å². The Balaban J connectivity index is 1.25. The first kappa shape index (κ1) is 23.0. The summed E-state index contributed by atoms with van der Waals surface area (Å²) in [6.07, 6.45) is 9.91. The number of carbonyl (C=O) groups is 1. The van der Waals surface area contributed by atoms with Gasteiger partial charge in [-0.05, 0) is 37.3 Å². The normalized spacial score (nSPS) is 17.7. The van der Waals surface area contributed by atoms with Gasteiger partial charge in [-0.1, -0.05) is 42.8 Å². The number of rotatable bonds is 7. The Morgan fingerprint density at radius 1 is 1.15 bits per heavy atom. The van der Waals surface area contributed by atoms with E-state index in [1.807, 2.05) is 17.0 Å². The zero-order valence-corrected chi connectivity index (χ0v) is 20.5. The molecular weight excluding hydrogens is 444 g/mol. The number of hydrogen-bond acceptors (Lipinski definition) is 7. The van der Waals surface area contributed by atoms with E-state index in [0.29, 0.717) is 19.6 Å². The van der Waals surface area contributed by atoms with Crippen LogP contribution in [0.5, 0.6) is 0 Å². The van der Waals surface area contributed by atoms with E-state index in [1.54, 1.807) is 23.7 Å². The van der Waals surface area contributed by atoms with Gasteiger partial charge in [0.2, 0.25) is 5.91 Å². The molecule has 7 nitrogen and oxygen atoms in total. The van der Waals surface area contributed by atoms with Gasteiger partial charge in [0.25, 0.3) is 0 Å². The molecule has 0 radical (unpaired) electrons. The predicted molar refractivity (Wildman–Crippen MR) is 138 cm³/mol. The maximum absolute atomic E-state index is 12.8. The molecule has 0 bridgehead atoms. The highest BCUT2D eigenvalue weighted by Crippen LogP contribution is 2.38. The van der Waals surface area contributed by atoms with E-state index in [-0.39, 0.29) is 11.9 Å². The molecule has 1 amide bonds. The summed E-state index contributed by atoms with van der Waals surface area (Å²) in [5, 5.41) is 6.95. The summed E-state index contributed by atoms with van der Waals surface area (Å²) < 4.78 is 0. The van der Waals surface area contributed by atoms with Crippen molar-refractivity contribution in [3.8, 4) is 0 Å². The lowest BCUT2D eigenvalue weighted by Gasteiger charge is -2.27. The highest BCUT2D eigenvalue weighted by molar-refractivity contribution is 7.19. The Morgan fingerprint density at radius 2 is 1.97 bits per heavy atom. The number of piperidine rings is 1. The SMILES string of the molecule is CC(Nc1ncnc2sc3c(c12)CCN(C(=O)C=CCNN1CCCCC1)C3)c1ccccc1. The molecule has 34 heavy (non-hydrogen) atoms. The van der Waals surface area contributed by atoms with Crippen molar-refractivity contribution in [2.24, 2.45) is 0 Å². The van der Waals surface area contributed by atoms with Crippen LogP contribution >= 0.6 is 11.3 Å². The first-order valence-corrected chi connectivity index (χ1v) is 13.0. The van der Waals surface area contributed by atoms with Crippen LogP contribution in [0, 0.1) is 0 Å². The maximum atomic E-state index is 12.8. The fourth-order valence-electron chi connectivity index (χ4n) is 4.75. The van der Waals surface area contributed by atoms with Gasteiger partial charge in [0.1, 0.15) is 17.0 Å². The van der Waals surface area contributed by atoms with Gasteiger partial charge in [-0.15, -0.1) is 11.3 Å². The molecule has 1 unspecified atom stereocenters. The first-order valence-electron chi connectivity index (χ1n) is 12.2. The van der Waals surface area contributed by atoms with Crippen LogP contribution in [-0.4, -0.2) is 52.0 Å². The molecular formula is C26H32N6OS. The van der Waals surface area contributed by atoms with Crippen molar-refractivity contribution in [1.29, 1.82) is 0 Å². The van der Waals surface area contributed by atoms with E-state index in [1.165, 1.54) is 35.3 Å². The lowest BCUT2D eigenvalue weighted by atomic mass is 10.0. The predicted octanol–water partition coefficient (Wildman–Crippen LogP) is 4.30. The third kappa shape index (κ3) is 5.14. The van der Waals surface area contributed by atoms with Crippen molar-refractivity contribution in [3.63, 3.8) is 0 Å². The lowest BCUT2D eigenvalue weighted by Crippen LogP contribution is -2.41. The fourth-order valence-corrected chi connectivity index (χ4v) is 5.96. The number of benzene rings is 1. The average Bonchev–Trinajstić information content (AvgIpc) is 3.26. The highest BCUT2D eigenvalue weighted by atomic mass is 32.1. The van der Waals surface area contributed by atoms with Crippen molar-refractivity contribution in [2.45, 2.75) is 45.2 Å². The van der Waals surface area contributed by atoms with Gasteiger partial charge in [0.15, 0.2) is 0 Å². The van der Waals surface area contributed by atoms with E-state index in [9.17, 15) is 4.79 Å². The van der Waals surface area contributed by atoms with Gasteiger partial charge in [-0.2, -0.15) is 0 Å². The largest absolute Gasteiger partial charge is 0.363 e. The van der Waals surface area contributed by atoms with Gasteiger partial charge in [0.05, 0.1) is 11.9 Å². The monoisotopic (exact) mass is 476 g/mol. The van der Waals surface area contributed by atoms with Gasteiger partial charge in [-0.3, -0.25) is 10.2 Å². The second kappa shape index (κ2) is 10.6. The molecule has 0 spiro atoms. The Bertz CT molecular complexity index is 1150. The molecule has 2 aromatic heterocycles. The second-order valence-corrected chi connectivity index (χ2v) is 10.1. The number of hydrogen-bond donors (Lipinski definition) is 2. The van der Waals surface area contributed by atoms with Crippen molar-refractivity contribution in [2.75, 3.05) is 31.5 Å². The zero-order chi connectivity index (χ0) is 23.3. The quantitative estimate of drug-likeness (QED) is 0.496. The number of amides is 1. The molecule has 8 heteroatoms. The number of fused-ring (bicyclic) bond motifs is 3. The average molecular weight is 477 g/mol. The van der Waals surface area contributed by atoms with Crippen molar-refractivity contribution in [1.82, 2.24) is 25.3 Å². The molecule has 1 saturated heterocycles. The zero-order valence-electron chi connectivity index (χ0n) is 19.7. The van der Waals surface area contributed by atoms with Crippen molar-refractivity contribution >= 4 is 33.3 Å².